The van der Waals surface area contributed by atoms with E-state index in [4.69, 9.17) is 11.6 Å². The van der Waals surface area contributed by atoms with Crippen LogP contribution in [0.25, 0.3) is 0 Å². The van der Waals surface area contributed by atoms with Crippen LogP contribution in [0, 0.1) is 0 Å². The fourth-order valence-corrected chi connectivity index (χ4v) is 1.79. The Bertz CT molecular complexity index is 509. The van der Waals surface area contributed by atoms with Crippen LogP contribution >= 0.6 is 11.6 Å². The molecule has 0 radical (unpaired) electrons. The van der Waals surface area contributed by atoms with Gasteiger partial charge in [-0.2, -0.15) is 0 Å². The van der Waals surface area contributed by atoms with E-state index >= 15 is 0 Å². The van der Waals surface area contributed by atoms with Gasteiger partial charge in [-0.25, -0.2) is 9.97 Å². The molecule has 0 spiro atoms. The van der Waals surface area contributed by atoms with Crippen LogP contribution in [0.15, 0.2) is 36.7 Å². The van der Waals surface area contributed by atoms with Gasteiger partial charge in [0, 0.05) is 12.6 Å². The van der Waals surface area contributed by atoms with Crippen LogP contribution in [-0.4, -0.2) is 9.97 Å². The molecule has 0 amide bonds. The van der Waals surface area contributed by atoms with Crippen LogP contribution in [0.5, 0.6) is 0 Å². The zero-order chi connectivity index (χ0) is 13.0. The minimum absolute atomic E-state index is 0.447. The number of benzene rings is 1. The molecule has 2 aromatic rings. The Morgan fingerprint density at radius 1 is 1.17 bits per heavy atom. The fraction of sp³-hybridized carbons (Fsp3) is 0.286. The highest BCUT2D eigenvalue weighted by molar-refractivity contribution is 6.29. The molecule has 1 heterocycles. The van der Waals surface area contributed by atoms with Crippen molar-refractivity contribution in [2.45, 2.75) is 26.3 Å². The SMILES string of the molecule is CC(C)c1ccc(CNc2cc(Cl)ncn2)cc1. The van der Waals surface area contributed by atoms with Gasteiger partial charge in [-0.3, -0.25) is 0 Å². The van der Waals surface area contributed by atoms with Gasteiger partial charge in [-0.05, 0) is 17.0 Å². The molecular formula is C14H16ClN3. The van der Waals surface area contributed by atoms with Crippen molar-refractivity contribution in [1.82, 2.24) is 9.97 Å². The van der Waals surface area contributed by atoms with Gasteiger partial charge in [0.2, 0.25) is 0 Å². The Kier molecular flexibility index (Phi) is 4.15. The summed E-state index contributed by atoms with van der Waals surface area (Å²) in [5.41, 5.74) is 2.57. The number of halogens is 1. The van der Waals surface area contributed by atoms with Crippen LogP contribution in [0.3, 0.4) is 0 Å². The van der Waals surface area contributed by atoms with E-state index in [2.05, 4.69) is 53.4 Å². The molecule has 4 heteroatoms. The zero-order valence-corrected chi connectivity index (χ0v) is 11.3. The minimum atomic E-state index is 0.447. The first-order valence-corrected chi connectivity index (χ1v) is 6.33. The molecule has 0 unspecified atom stereocenters. The number of nitrogens with one attached hydrogen (secondary N) is 1. The van der Waals surface area contributed by atoms with Crippen LogP contribution in [-0.2, 0) is 6.54 Å². The van der Waals surface area contributed by atoms with E-state index in [1.54, 1.807) is 6.07 Å². The van der Waals surface area contributed by atoms with Crippen LogP contribution in [0.4, 0.5) is 5.82 Å². The van der Waals surface area contributed by atoms with Gasteiger partial charge in [0.1, 0.15) is 17.3 Å². The van der Waals surface area contributed by atoms with Gasteiger partial charge in [-0.1, -0.05) is 49.7 Å². The summed E-state index contributed by atoms with van der Waals surface area (Å²) in [5.74, 6) is 1.30. The van der Waals surface area contributed by atoms with Crippen molar-refractivity contribution in [1.29, 1.82) is 0 Å². The smallest absolute Gasteiger partial charge is 0.134 e. The molecule has 0 saturated heterocycles. The number of rotatable bonds is 4. The number of hydrogen-bond acceptors (Lipinski definition) is 3. The van der Waals surface area contributed by atoms with Gasteiger partial charge in [0.05, 0.1) is 0 Å². The van der Waals surface area contributed by atoms with Crippen LogP contribution in [0.1, 0.15) is 30.9 Å². The van der Waals surface area contributed by atoms with Crippen molar-refractivity contribution >= 4 is 17.4 Å². The first-order valence-electron chi connectivity index (χ1n) is 5.95. The van der Waals surface area contributed by atoms with Gasteiger partial charge in [0.25, 0.3) is 0 Å². The van der Waals surface area contributed by atoms with E-state index in [1.807, 2.05) is 0 Å². The summed E-state index contributed by atoms with van der Waals surface area (Å²) in [4.78, 5) is 7.93. The molecule has 3 nitrogen and oxygen atoms in total. The van der Waals surface area contributed by atoms with Gasteiger partial charge < -0.3 is 5.32 Å². The van der Waals surface area contributed by atoms with Crippen molar-refractivity contribution in [2.24, 2.45) is 0 Å². The Labute approximate surface area is 112 Å². The summed E-state index contributed by atoms with van der Waals surface area (Å²) >= 11 is 5.79. The molecule has 0 bridgehead atoms. The lowest BCUT2D eigenvalue weighted by atomic mass is 10.0. The number of hydrogen-bond donors (Lipinski definition) is 1. The lowest BCUT2D eigenvalue weighted by Gasteiger charge is -2.08. The van der Waals surface area contributed by atoms with Gasteiger partial charge in [0.15, 0.2) is 0 Å². The first-order chi connectivity index (χ1) is 8.65. The molecule has 0 atom stereocenters. The largest absolute Gasteiger partial charge is 0.366 e. The Morgan fingerprint density at radius 2 is 1.89 bits per heavy atom. The van der Waals surface area contributed by atoms with E-state index < -0.39 is 0 Å². The van der Waals surface area contributed by atoms with Crippen LogP contribution in [0.2, 0.25) is 5.15 Å². The van der Waals surface area contributed by atoms with E-state index in [1.165, 1.54) is 17.5 Å². The predicted octanol–water partition coefficient (Wildman–Crippen LogP) is 3.87. The molecule has 94 valence electrons. The maximum Gasteiger partial charge on any atom is 0.134 e. The first kappa shape index (κ1) is 12.8. The molecule has 0 aliphatic rings. The zero-order valence-electron chi connectivity index (χ0n) is 10.5. The Balaban J connectivity index is 1.98. The molecule has 0 saturated carbocycles. The average Bonchev–Trinajstić information content (AvgIpc) is 2.37. The molecule has 0 fully saturated rings. The Morgan fingerprint density at radius 3 is 2.50 bits per heavy atom. The quantitative estimate of drug-likeness (QED) is 0.849. The van der Waals surface area contributed by atoms with Crippen molar-refractivity contribution in [2.75, 3.05) is 5.32 Å². The summed E-state index contributed by atoms with van der Waals surface area (Å²) in [6, 6.07) is 10.3. The molecule has 1 N–H and O–H groups in total. The highest BCUT2D eigenvalue weighted by Crippen LogP contribution is 2.15. The number of aromatic nitrogens is 2. The fourth-order valence-electron chi connectivity index (χ4n) is 1.64. The molecule has 0 aliphatic carbocycles. The third kappa shape index (κ3) is 3.44. The maximum atomic E-state index is 5.79. The van der Waals surface area contributed by atoms with E-state index in [-0.39, 0.29) is 0 Å². The standard InChI is InChI=1S/C14H16ClN3/c1-10(2)12-5-3-11(4-6-12)8-16-14-7-13(15)17-9-18-14/h3-7,9-10H,8H2,1-2H3,(H,16,17,18). The van der Waals surface area contributed by atoms with Crippen molar-refractivity contribution in [3.63, 3.8) is 0 Å². The molecule has 18 heavy (non-hydrogen) atoms. The van der Waals surface area contributed by atoms with Crippen molar-refractivity contribution in [3.8, 4) is 0 Å². The van der Waals surface area contributed by atoms with E-state index in [0.717, 1.165) is 12.4 Å². The monoisotopic (exact) mass is 261 g/mol. The summed E-state index contributed by atoms with van der Waals surface area (Å²) in [6.07, 6.45) is 1.45. The second-order valence-electron chi connectivity index (χ2n) is 4.48. The molecule has 0 aliphatic heterocycles. The normalized spacial score (nSPS) is 10.7. The third-order valence-electron chi connectivity index (χ3n) is 2.75. The molecule has 1 aromatic heterocycles. The topological polar surface area (TPSA) is 37.8 Å². The molecule has 2 rings (SSSR count). The second kappa shape index (κ2) is 5.83. The van der Waals surface area contributed by atoms with E-state index in [9.17, 15) is 0 Å². The molecule has 1 aromatic carbocycles. The highest BCUT2D eigenvalue weighted by Gasteiger charge is 2.00. The summed E-state index contributed by atoms with van der Waals surface area (Å²) in [5, 5.41) is 3.66. The van der Waals surface area contributed by atoms with Gasteiger partial charge >= 0.3 is 0 Å². The summed E-state index contributed by atoms with van der Waals surface area (Å²) in [6.45, 7) is 5.11. The summed E-state index contributed by atoms with van der Waals surface area (Å²) < 4.78 is 0. The number of anilines is 1. The average molecular weight is 262 g/mol. The second-order valence-corrected chi connectivity index (χ2v) is 4.86. The summed E-state index contributed by atoms with van der Waals surface area (Å²) in [7, 11) is 0. The maximum absolute atomic E-state index is 5.79. The Hall–Kier alpha value is -1.61. The highest BCUT2D eigenvalue weighted by atomic mass is 35.5. The lowest BCUT2D eigenvalue weighted by molar-refractivity contribution is 0.865. The van der Waals surface area contributed by atoms with E-state index in [0.29, 0.717) is 11.1 Å². The molecular weight excluding hydrogens is 246 g/mol. The minimum Gasteiger partial charge on any atom is -0.366 e. The lowest BCUT2D eigenvalue weighted by Crippen LogP contribution is -2.01. The van der Waals surface area contributed by atoms with Crippen molar-refractivity contribution < 1.29 is 0 Å². The van der Waals surface area contributed by atoms with Gasteiger partial charge in [-0.15, -0.1) is 0 Å². The van der Waals surface area contributed by atoms with Crippen LogP contribution < -0.4 is 5.32 Å². The predicted molar refractivity (Wildman–Crippen MR) is 74.9 cm³/mol. The number of nitrogens with zero attached hydrogens (tertiary/aromatic N) is 2. The van der Waals surface area contributed by atoms with Crippen molar-refractivity contribution in [3.05, 3.63) is 52.9 Å². The third-order valence-corrected chi connectivity index (χ3v) is 2.96.